The number of carbonyl (C=O) groups is 1. The molecule has 9 nitrogen and oxygen atoms in total. The molecule has 2 heterocycles. The van der Waals surface area contributed by atoms with Crippen LogP contribution in [0.2, 0.25) is 5.15 Å². The fraction of sp³-hybridized carbons (Fsp3) is 0.400. The van der Waals surface area contributed by atoms with E-state index in [-0.39, 0.29) is 23.3 Å². The molecule has 0 aliphatic heterocycles. The zero-order valence-corrected chi connectivity index (χ0v) is 12.6. The number of nitrogens with two attached hydrogens (primary N) is 1. The largest absolute Gasteiger partial charge is 0.341 e. The molecule has 114 valence electrons. The molecule has 2 aromatic heterocycles. The van der Waals surface area contributed by atoms with Gasteiger partial charge in [0.25, 0.3) is 0 Å². The molecular formula is C10H13ClN6O3S. The molecule has 0 spiro atoms. The van der Waals surface area contributed by atoms with Crippen LogP contribution >= 0.6 is 11.6 Å². The van der Waals surface area contributed by atoms with Crippen molar-refractivity contribution in [3.05, 3.63) is 11.5 Å². The van der Waals surface area contributed by atoms with Crippen LogP contribution in [0, 0.1) is 0 Å². The van der Waals surface area contributed by atoms with Crippen molar-refractivity contribution in [1.29, 1.82) is 0 Å². The van der Waals surface area contributed by atoms with E-state index < -0.39 is 21.8 Å². The molecule has 2 rings (SSSR count). The molecule has 0 saturated carbocycles. The third-order valence-electron chi connectivity index (χ3n) is 2.61. The highest BCUT2D eigenvalue weighted by Gasteiger charge is 2.18. The molecule has 0 fully saturated rings. The zero-order valence-electron chi connectivity index (χ0n) is 11.0. The minimum Gasteiger partial charge on any atom is -0.341 e. The summed E-state index contributed by atoms with van der Waals surface area (Å²) in [7, 11) is -3.18. The van der Waals surface area contributed by atoms with Gasteiger partial charge in [-0.2, -0.15) is 9.97 Å². The summed E-state index contributed by atoms with van der Waals surface area (Å²) in [5, 5.41) is 2.49. The van der Waals surface area contributed by atoms with Crippen LogP contribution in [-0.4, -0.2) is 52.3 Å². The summed E-state index contributed by atoms with van der Waals surface area (Å²) in [6.07, 6.45) is 2.48. The van der Waals surface area contributed by atoms with Crippen LogP contribution in [0.3, 0.4) is 0 Å². The number of hydrogen-bond donors (Lipinski definition) is 3. The number of imidazole rings is 1. The Bertz CT molecular complexity index is 774. The molecular weight excluding hydrogens is 320 g/mol. The second kappa shape index (κ2) is 5.92. The first kappa shape index (κ1) is 15.6. The lowest BCUT2D eigenvalue weighted by molar-refractivity contribution is -0.117. The van der Waals surface area contributed by atoms with Gasteiger partial charge in [-0.1, -0.05) is 11.6 Å². The van der Waals surface area contributed by atoms with Gasteiger partial charge in [-0.25, -0.2) is 13.4 Å². The molecule has 2 aromatic rings. The number of hydrogen-bond acceptors (Lipinski definition) is 7. The number of amides is 1. The van der Waals surface area contributed by atoms with Crippen molar-refractivity contribution < 1.29 is 13.2 Å². The van der Waals surface area contributed by atoms with E-state index in [1.54, 1.807) is 0 Å². The molecule has 0 aliphatic carbocycles. The topological polar surface area (TPSA) is 144 Å². The van der Waals surface area contributed by atoms with Crippen molar-refractivity contribution >= 4 is 44.5 Å². The minimum absolute atomic E-state index is 0.00302. The van der Waals surface area contributed by atoms with Gasteiger partial charge in [0, 0.05) is 6.26 Å². The molecule has 0 aromatic carbocycles. The average Bonchev–Trinajstić information content (AvgIpc) is 2.83. The van der Waals surface area contributed by atoms with E-state index in [2.05, 4.69) is 25.3 Å². The number of fused-ring (bicyclic) bond motifs is 1. The lowest BCUT2D eigenvalue weighted by atomic mass is 10.2. The number of carbonyl (C=O) groups excluding carboxylic acids is 1. The van der Waals surface area contributed by atoms with Gasteiger partial charge in [0.05, 0.1) is 18.1 Å². The number of anilines is 1. The van der Waals surface area contributed by atoms with E-state index in [1.165, 1.54) is 6.33 Å². The van der Waals surface area contributed by atoms with Gasteiger partial charge in [0.15, 0.2) is 10.8 Å². The van der Waals surface area contributed by atoms with Crippen LogP contribution in [-0.2, 0) is 14.6 Å². The molecule has 11 heteroatoms. The highest BCUT2D eigenvalue weighted by molar-refractivity contribution is 7.90. The number of rotatable bonds is 5. The maximum Gasteiger partial charge on any atom is 0.243 e. The van der Waals surface area contributed by atoms with Gasteiger partial charge in [-0.05, 0) is 6.42 Å². The van der Waals surface area contributed by atoms with Crippen molar-refractivity contribution in [1.82, 2.24) is 19.9 Å². The van der Waals surface area contributed by atoms with E-state index in [9.17, 15) is 13.2 Å². The van der Waals surface area contributed by atoms with Crippen LogP contribution in [0.1, 0.15) is 6.42 Å². The maximum atomic E-state index is 11.8. The Balaban J connectivity index is 2.07. The number of nitrogens with one attached hydrogen (secondary N) is 2. The predicted octanol–water partition coefficient (Wildman–Crippen LogP) is -0.293. The number of H-pyrrole nitrogens is 1. The highest BCUT2D eigenvalue weighted by atomic mass is 35.5. The quantitative estimate of drug-likeness (QED) is 0.638. The predicted molar refractivity (Wildman–Crippen MR) is 77.6 cm³/mol. The summed E-state index contributed by atoms with van der Waals surface area (Å²) in [5.74, 6) is -0.814. The first-order chi connectivity index (χ1) is 9.76. The Morgan fingerprint density at radius 3 is 2.90 bits per heavy atom. The van der Waals surface area contributed by atoms with E-state index in [4.69, 9.17) is 17.3 Å². The molecule has 0 radical (unpaired) electrons. The molecule has 0 bridgehead atoms. The summed E-state index contributed by atoms with van der Waals surface area (Å²) in [5.41, 5.74) is 6.37. The molecule has 1 atom stereocenters. The Morgan fingerprint density at radius 1 is 1.52 bits per heavy atom. The van der Waals surface area contributed by atoms with Gasteiger partial charge >= 0.3 is 0 Å². The Morgan fingerprint density at radius 2 is 2.24 bits per heavy atom. The number of aromatic nitrogens is 4. The molecule has 0 saturated heterocycles. The zero-order chi connectivity index (χ0) is 15.6. The summed E-state index contributed by atoms with van der Waals surface area (Å²) in [6.45, 7) is 0. The Labute approximate surface area is 125 Å². The fourth-order valence-electron chi connectivity index (χ4n) is 1.53. The number of nitrogens with zero attached hydrogens (tertiary/aromatic N) is 3. The molecule has 1 unspecified atom stereocenters. The lowest BCUT2D eigenvalue weighted by Crippen LogP contribution is -2.37. The fourth-order valence-corrected chi connectivity index (χ4v) is 2.43. The third kappa shape index (κ3) is 4.09. The maximum absolute atomic E-state index is 11.8. The Kier molecular flexibility index (Phi) is 4.40. The van der Waals surface area contributed by atoms with Gasteiger partial charge in [0.2, 0.25) is 11.9 Å². The van der Waals surface area contributed by atoms with Crippen LogP contribution in [0.5, 0.6) is 0 Å². The second-order valence-corrected chi connectivity index (χ2v) is 7.07. The summed E-state index contributed by atoms with van der Waals surface area (Å²) < 4.78 is 22.1. The van der Waals surface area contributed by atoms with Crippen molar-refractivity contribution in [2.24, 2.45) is 5.73 Å². The average molecular weight is 333 g/mol. The summed E-state index contributed by atoms with van der Waals surface area (Å²) in [6, 6.07) is -0.989. The lowest BCUT2D eigenvalue weighted by Gasteiger charge is -2.10. The third-order valence-corrected chi connectivity index (χ3v) is 3.86. The van der Waals surface area contributed by atoms with Crippen molar-refractivity contribution in [3.8, 4) is 0 Å². The van der Waals surface area contributed by atoms with Crippen molar-refractivity contribution in [2.75, 3.05) is 17.3 Å². The number of sulfone groups is 1. The van der Waals surface area contributed by atoms with Gasteiger partial charge in [-0.15, -0.1) is 0 Å². The SMILES string of the molecule is CS(=O)(=O)CCC(N)C(=O)Nc1nc(Cl)c2[nH]cnc2n1. The first-order valence-corrected chi connectivity index (χ1v) is 8.31. The van der Waals surface area contributed by atoms with E-state index in [0.29, 0.717) is 11.2 Å². The summed E-state index contributed by atoms with van der Waals surface area (Å²) in [4.78, 5) is 26.4. The minimum atomic E-state index is -3.18. The van der Waals surface area contributed by atoms with E-state index >= 15 is 0 Å². The standard InChI is InChI=1S/C10H13ClN6O3S/c1-21(19,20)3-2-5(12)9(18)17-10-15-7(11)6-8(16-10)14-4-13-6/h4-5H,2-3,12H2,1H3,(H2,13,14,15,16,17,18). The van der Waals surface area contributed by atoms with Crippen LogP contribution < -0.4 is 11.1 Å². The summed E-state index contributed by atoms with van der Waals surface area (Å²) >= 11 is 5.90. The van der Waals surface area contributed by atoms with Crippen LogP contribution in [0.15, 0.2) is 6.33 Å². The van der Waals surface area contributed by atoms with Gasteiger partial charge in [-0.3, -0.25) is 10.1 Å². The smallest absolute Gasteiger partial charge is 0.243 e. The van der Waals surface area contributed by atoms with Crippen molar-refractivity contribution in [2.45, 2.75) is 12.5 Å². The molecule has 0 aliphatic rings. The Hall–Kier alpha value is -1.78. The van der Waals surface area contributed by atoms with Gasteiger partial charge < -0.3 is 10.7 Å². The second-order valence-electron chi connectivity index (χ2n) is 4.45. The molecule has 4 N–H and O–H groups in total. The first-order valence-electron chi connectivity index (χ1n) is 5.87. The number of aromatic amines is 1. The normalized spacial score (nSPS) is 13.3. The van der Waals surface area contributed by atoms with Crippen LogP contribution in [0.4, 0.5) is 5.95 Å². The molecule has 1 amide bonds. The van der Waals surface area contributed by atoms with Gasteiger partial charge in [0.1, 0.15) is 15.4 Å². The van der Waals surface area contributed by atoms with E-state index in [1.807, 2.05) is 0 Å². The number of halogens is 1. The molecule has 21 heavy (non-hydrogen) atoms. The monoisotopic (exact) mass is 332 g/mol. The van der Waals surface area contributed by atoms with Crippen LogP contribution in [0.25, 0.3) is 11.2 Å². The highest BCUT2D eigenvalue weighted by Crippen LogP contribution is 2.18. The van der Waals surface area contributed by atoms with E-state index in [0.717, 1.165) is 6.26 Å². The van der Waals surface area contributed by atoms with Crippen molar-refractivity contribution in [3.63, 3.8) is 0 Å².